The molecule has 2 rings (SSSR count). The van der Waals surface area contributed by atoms with Gasteiger partial charge in [0.25, 0.3) is 0 Å². The zero-order valence-corrected chi connectivity index (χ0v) is 12.9. The van der Waals surface area contributed by atoms with Crippen LogP contribution in [0.15, 0.2) is 29.6 Å². The van der Waals surface area contributed by atoms with E-state index in [2.05, 4.69) is 9.71 Å². The van der Waals surface area contributed by atoms with Gasteiger partial charge in [-0.15, -0.1) is 11.3 Å². The topological polar surface area (TPSA) is 68.3 Å². The van der Waals surface area contributed by atoms with Crippen LogP contribution >= 0.6 is 11.3 Å². The molecule has 0 aliphatic heterocycles. The number of methoxy groups -OCH3 is 1. The number of hydrogen-bond donors (Lipinski definition) is 1. The first-order valence-corrected chi connectivity index (χ1v) is 8.57. The molecule has 0 radical (unpaired) electrons. The van der Waals surface area contributed by atoms with E-state index in [0.717, 1.165) is 17.0 Å². The molecule has 0 unspecified atom stereocenters. The highest BCUT2D eigenvalue weighted by atomic mass is 32.2. The lowest BCUT2D eigenvalue weighted by Crippen LogP contribution is -2.18. The Hall–Kier alpha value is -1.60. The summed E-state index contributed by atoms with van der Waals surface area (Å²) >= 11 is 1.28. The van der Waals surface area contributed by atoms with Gasteiger partial charge in [-0.1, -0.05) is 12.1 Å². The Kier molecular flexibility index (Phi) is 4.61. The highest BCUT2D eigenvalue weighted by Gasteiger charge is 2.12. The molecule has 1 aromatic heterocycles. The lowest BCUT2D eigenvalue weighted by atomic mass is 10.2. The Balaban J connectivity index is 1.98. The van der Waals surface area contributed by atoms with E-state index in [0.29, 0.717) is 11.6 Å². The largest absolute Gasteiger partial charge is 0.497 e. The molecule has 0 aliphatic rings. The summed E-state index contributed by atoms with van der Waals surface area (Å²) < 4.78 is 31.5. The van der Waals surface area contributed by atoms with Crippen LogP contribution in [0.25, 0.3) is 0 Å². The van der Waals surface area contributed by atoms with Crippen molar-refractivity contribution in [1.82, 2.24) is 4.98 Å². The summed E-state index contributed by atoms with van der Waals surface area (Å²) in [5.74, 6) is 0.738. The van der Waals surface area contributed by atoms with Crippen molar-refractivity contribution < 1.29 is 13.2 Å². The second-order valence-corrected chi connectivity index (χ2v) is 7.02. The number of aryl methyl sites for hydroxylation is 2. The molecule has 0 amide bonds. The molecule has 1 aromatic carbocycles. The second kappa shape index (κ2) is 6.23. The third-order valence-electron chi connectivity index (χ3n) is 2.66. The molecule has 0 bridgehead atoms. The number of benzene rings is 1. The van der Waals surface area contributed by atoms with Crippen LogP contribution in [0.1, 0.15) is 11.3 Å². The van der Waals surface area contributed by atoms with E-state index in [1.54, 1.807) is 12.5 Å². The molecule has 7 heteroatoms. The van der Waals surface area contributed by atoms with Crippen molar-refractivity contribution in [2.75, 3.05) is 17.6 Å². The summed E-state index contributed by atoms with van der Waals surface area (Å²) in [5.41, 5.74) is 1.73. The summed E-state index contributed by atoms with van der Waals surface area (Å²) in [6.07, 6.45) is 0.427. The third-order valence-corrected chi connectivity index (χ3v) is 4.91. The molecule has 1 heterocycles. The lowest BCUT2D eigenvalue weighted by molar-refractivity contribution is 0.414. The summed E-state index contributed by atoms with van der Waals surface area (Å²) in [6.45, 7) is 1.82. The molecule has 108 valence electrons. The van der Waals surface area contributed by atoms with E-state index in [1.165, 1.54) is 11.3 Å². The number of thiazole rings is 1. The average molecular weight is 312 g/mol. The van der Waals surface area contributed by atoms with E-state index in [4.69, 9.17) is 4.74 Å². The fourth-order valence-electron chi connectivity index (χ4n) is 1.67. The van der Waals surface area contributed by atoms with Gasteiger partial charge < -0.3 is 4.74 Å². The molecule has 0 saturated carbocycles. The SMILES string of the molecule is COc1cccc(CCS(=O)(=O)Nc2nc(C)cs2)c1. The maximum absolute atomic E-state index is 12.0. The monoisotopic (exact) mass is 312 g/mol. The molecule has 5 nitrogen and oxygen atoms in total. The third kappa shape index (κ3) is 4.21. The Morgan fingerprint density at radius 2 is 2.20 bits per heavy atom. The van der Waals surface area contributed by atoms with Crippen LogP contribution in [0.4, 0.5) is 5.13 Å². The van der Waals surface area contributed by atoms with Crippen molar-refractivity contribution in [3.05, 3.63) is 40.9 Å². The van der Waals surface area contributed by atoms with Gasteiger partial charge in [-0.25, -0.2) is 13.4 Å². The molecule has 1 N–H and O–H groups in total. The number of aromatic nitrogens is 1. The van der Waals surface area contributed by atoms with Crippen molar-refractivity contribution in [3.63, 3.8) is 0 Å². The summed E-state index contributed by atoms with van der Waals surface area (Å²) in [7, 11) is -1.80. The minimum absolute atomic E-state index is 0.0127. The Bertz CT molecular complexity index is 680. The lowest BCUT2D eigenvalue weighted by Gasteiger charge is -2.06. The first kappa shape index (κ1) is 14.8. The molecule has 0 fully saturated rings. The molecule has 0 atom stereocenters. The molecule has 0 aliphatic carbocycles. The van der Waals surface area contributed by atoms with Crippen LogP contribution in [0.2, 0.25) is 0 Å². The Labute approximate surface area is 122 Å². The van der Waals surface area contributed by atoms with Crippen LogP contribution in [-0.2, 0) is 16.4 Å². The number of sulfonamides is 1. The molecule has 2 aromatic rings. The highest BCUT2D eigenvalue weighted by Crippen LogP contribution is 2.17. The summed E-state index contributed by atoms with van der Waals surface area (Å²) in [6, 6.07) is 7.39. The van der Waals surface area contributed by atoms with E-state index < -0.39 is 10.0 Å². The number of nitrogens with zero attached hydrogens (tertiary/aromatic N) is 1. The molecular weight excluding hydrogens is 296 g/mol. The van der Waals surface area contributed by atoms with Gasteiger partial charge in [-0.2, -0.15) is 0 Å². The second-order valence-electron chi connectivity index (χ2n) is 4.32. The fourth-order valence-corrected chi connectivity index (χ4v) is 3.69. The molecule has 0 spiro atoms. The summed E-state index contributed by atoms with van der Waals surface area (Å²) in [5, 5.41) is 2.22. The minimum Gasteiger partial charge on any atom is -0.497 e. The van der Waals surface area contributed by atoms with Crippen LogP contribution in [0.3, 0.4) is 0 Å². The molecular formula is C13H16N2O3S2. The van der Waals surface area contributed by atoms with Gasteiger partial charge in [0.2, 0.25) is 10.0 Å². The quantitative estimate of drug-likeness (QED) is 0.889. The Morgan fingerprint density at radius 3 is 2.85 bits per heavy atom. The summed E-state index contributed by atoms with van der Waals surface area (Å²) in [4.78, 5) is 4.09. The van der Waals surface area contributed by atoms with Crippen molar-refractivity contribution >= 4 is 26.5 Å². The van der Waals surface area contributed by atoms with Gasteiger partial charge in [0.15, 0.2) is 5.13 Å². The fraction of sp³-hybridized carbons (Fsp3) is 0.308. The van der Waals surface area contributed by atoms with Crippen molar-refractivity contribution in [2.24, 2.45) is 0 Å². The predicted molar refractivity (Wildman–Crippen MR) is 81.0 cm³/mol. The number of nitrogens with one attached hydrogen (secondary N) is 1. The standard InChI is InChI=1S/C13H16N2O3S2/c1-10-9-19-13(14-10)15-20(16,17)7-6-11-4-3-5-12(8-11)18-2/h3-5,8-9H,6-7H2,1-2H3,(H,14,15). The number of ether oxygens (including phenoxy) is 1. The number of hydrogen-bond acceptors (Lipinski definition) is 5. The zero-order chi connectivity index (χ0) is 14.6. The van der Waals surface area contributed by atoms with Crippen molar-refractivity contribution in [2.45, 2.75) is 13.3 Å². The van der Waals surface area contributed by atoms with Crippen LogP contribution in [0, 0.1) is 6.92 Å². The normalized spacial score (nSPS) is 11.3. The van der Waals surface area contributed by atoms with E-state index in [1.807, 2.05) is 31.2 Å². The molecule has 0 saturated heterocycles. The first-order chi connectivity index (χ1) is 9.48. The minimum atomic E-state index is -3.38. The van der Waals surface area contributed by atoms with Gasteiger partial charge in [-0.05, 0) is 31.0 Å². The van der Waals surface area contributed by atoms with E-state index >= 15 is 0 Å². The first-order valence-electron chi connectivity index (χ1n) is 6.04. The van der Waals surface area contributed by atoms with Gasteiger partial charge in [-0.3, -0.25) is 4.72 Å². The van der Waals surface area contributed by atoms with Crippen LogP contribution < -0.4 is 9.46 Å². The zero-order valence-electron chi connectivity index (χ0n) is 11.3. The van der Waals surface area contributed by atoms with Crippen LogP contribution in [0.5, 0.6) is 5.75 Å². The maximum atomic E-state index is 12.0. The van der Waals surface area contributed by atoms with Gasteiger partial charge in [0.1, 0.15) is 5.75 Å². The van der Waals surface area contributed by atoms with Crippen molar-refractivity contribution in [3.8, 4) is 5.75 Å². The maximum Gasteiger partial charge on any atom is 0.234 e. The van der Waals surface area contributed by atoms with E-state index in [9.17, 15) is 8.42 Å². The number of anilines is 1. The average Bonchev–Trinajstić information content (AvgIpc) is 2.81. The van der Waals surface area contributed by atoms with Gasteiger partial charge in [0.05, 0.1) is 18.6 Å². The van der Waals surface area contributed by atoms with Crippen LogP contribution in [-0.4, -0.2) is 26.3 Å². The van der Waals surface area contributed by atoms with Crippen molar-refractivity contribution in [1.29, 1.82) is 0 Å². The highest BCUT2D eigenvalue weighted by molar-refractivity contribution is 7.92. The number of rotatable bonds is 6. The van der Waals surface area contributed by atoms with Gasteiger partial charge in [0, 0.05) is 5.38 Å². The Morgan fingerprint density at radius 1 is 1.40 bits per heavy atom. The molecule has 20 heavy (non-hydrogen) atoms. The van der Waals surface area contributed by atoms with Gasteiger partial charge >= 0.3 is 0 Å². The smallest absolute Gasteiger partial charge is 0.234 e. The van der Waals surface area contributed by atoms with E-state index in [-0.39, 0.29) is 5.75 Å². The predicted octanol–water partition coefficient (Wildman–Crippen LogP) is 2.44.